The van der Waals surface area contributed by atoms with Gasteiger partial charge in [0, 0.05) is 12.2 Å². The molecule has 0 unspecified atom stereocenters. The second-order valence-corrected chi connectivity index (χ2v) is 4.96. The van der Waals surface area contributed by atoms with E-state index < -0.39 is 0 Å². The zero-order valence-electron chi connectivity index (χ0n) is 11.3. The number of aromatic nitrogens is 2. The third-order valence-electron chi connectivity index (χ3n) is 3.68. The molecule has 2 rings (SSSR count). The number of hydrogen-bond acceptors (Lipinski definition) is 2. The van der Waals surface area contributed by atoms with E-state index in [1.54, 1.807) is 0 Å². The van der Waals surface area contributed by atoms with Crippen LogP contribution in [0.5, 0.6) is 0 Å². The molecule has 0 aliphatic carbocycles. The Morgan fingerprint density at radius 1 is 1.12 bits per heavy atom. The van der Waals surface area contributed by atoms with E-state index in [9.17, 15) is 0 Å². The lowest BCUT2D eigenvalue weighted by molar-refractivity contribution is 0.321. The van der Waals surface area contributed by atoms with E-state index in [-0.39, 0.29) is 0 Å². The molecular formula is C14H25N3. The molecule has 0 aromatic carbocycles. The minimum absolute atomic E-state index is 1.05. The lowest BCUT2D eigenvalue weighted by Crippen LogP contribution is -2.22. The first kappa shape index (κ1) is 12.6. The molecule has 0 radical (unpaired) electrons. The van der Waals surface area contributed by atoms with Gasteiger partial charge in [-0.15, -0.1) is 0 Å². The van der Waals surface area contributed by atoms with Gasteiger partial charge in [0.2, 0.25) is 0 Å². The molecule has 0 N–H and O–H groups in total. The number of hydrogen-bond donors (Lipinski definition) is 0. The Bertz CT molecular complexity index is 337. The molecule has 1 saturated heterocycles. The van der Waals surface area contributed by atoms with Crippen molar-refractivity contribution in [2.75, 3.05) is 19.6 Å². The second kappa shape index (κ2) is 6.20. The summed E-state index contributed by atoms with van der Waals surface area (Å²) in [6, 6.07) is 2.26. The normalized spacial score (nSPS) is 16.8. The topological polar surface area (TPSA) is 21.1 Å². The van der Waals surface area contributed by atoms with Crippen LogP contribution in [0.2, 0.25) is 0 Å². The van der Waals surface area contributed by atoms with Crippen LogP contribution in [0.15, 0.2) is 6.07 Å². The molecule has 2 heterocycles. The molecule has 1 aliphatic rings. The third kappa shape index (κ3) is 3.32. The lowest BCUT2D eigenvalue weighted by Gasteiger charge is -2.14. The van der Waals surface area contributed by atoms with Crippen molar-refractivity contribution < 1.29 is 0 Å². The summed E-state index contributed by atoms with van der Waals surface area (Å²) >= 11 is 0. The average molecular weight is 235 g/mol. The molecule has 0 spiro atoms. The van der Waals surface area contributed by atoms with E-state index in [1.165, 1.54) is 50.3 Å². The zero-order valence-corrected chi connectivity index (χ0v) is 11.3. The molecule has 17 heavy (non-hydrogen) atoms. The van der Waals surface area contributed by atoms with Crippen molar-refractivity contribution in [2.24, 2.45) is 0 Å². The lowest BCUT2D eigenvalue weighted by atomic mass is 10.2. The van der Waals surface area contributed by atoms with Crippen LogP contribution in [0.4, 0.5) is 0 Å². The molecule has 1 fully saturated rings. The van der Waals surface area contributed by atoms with Crippen molar-refractivity contribution in [1.82, 2.24) is 14.7 Å². The van der Waals surface area contributed by atoms with Gasteiger partial charge in [0.15, 0.2) is 0 Å². The molecular weight excluding hydrogens is 210 g/mol. The van der Waals surface area contributed by atoms with Gasteiger partial charge >= 0.3 is 0 Å². The molecule has 0 bridgehead atoms. The van der Waals surface area contributed by atoms with Crippen molar-refractivity contribution in [3.05, 3.63) is 17.5 Å². The first-order valence-corrected chi connectivity index (χ1v) is 7.11. The van der Waals surface area contributed by atoms with E-state index in [2.05, 4.69) is 34.6 Å². The molecule has 3 nitrogen and oxygen atoms in total. The van der Waals surface area contributed by atoms with Crippen LogP contribution >= 0.6 is 0 Å². The van der Waals surface area contributed by atoms with Crippen LogP contribution in [0, 0.1) is 0 Å². The number of rotatable bonds is 6. The Labute approximate surface area is 105 Å². The van der Waals surface area contributed by atoms with Crippen LogP contribution in [0.25, 0.3) is 0 Å². The fourth-order valence-electron chi connectivity index (χ4n) is 2.62. The molecule has 3 heteroatoms. The summed E-state index contributed by atoms with van der Waals surface area (Å²) in [7, 11) is 0. The number of likely N-dealkylation sites (tertiary alicyclic amines) is 1. The van der Waals surface area contributed by atoms with Crippen LogP contribution in [0.3, 0.4) is 0 Å². The molecule has 0 saturated carbocycles. The summed E-state index contributed by atoms with van der Waals surface area (Å²) in [6.07, 6.45) is 6.16. The molecule has 0 atom stereocenters. The van der Waals surface area contributed by atoms with Crippen molar-refractivity contribution in [3.8, 4) is 0 Å². The molecule has 1 aliphatic heterocycles. The van der Waals surface area contributed by atoms with Crippen LogP contribution < -0.4 is 0 Å². The van der Waals surface area contributed by atoms with Gasteiger partial charge in [-0.05, 0) is 57.8 Å². The van der Waals surface area contributed by atoms with Crippen molar-refractivity contribution in [2.45, 2.75) is 52.5 Å². The molecule has 1 aromatic rings. The van der Waals surface area contributed by atoms with Crippen molar-refractivity contribution in [1.29, 1.82) is 0 Å². The standard InChI is InChI=1S/C14H25N3/c1-3-13-12-14(4-2)17(15-13)11-7-10-16-8-5-6-9-16/h12H,3-11H2,1-2H3. The van der Waals surface area contributed by atoms with Gasteiger partial charge in [-0.25, -0.2) is 0 Å². The summed E-state index contributed by atoms with van der Waals surface area (Å²) in [5.74, 6) is 0. The Morgan fingerprint density at radius 3 is 2.53 bits per heavy atom. The number of nitrogens with zero attached hydrogens (tertiary/aromatic N) is 3. The van der Waals surface area contributed by atoms with Crippen LogP contribution in [0.1, 0.15) is 44.5 Å². The fraction of sp³-hybridized carbons (Fsp3) is 0.786. The highest BCUT2D eigenvalue weighted by molar-refractivity contribution is 5.10. The minimum Gasteiger partial charge on any atom is -0.303 e. The van der Waals surface area contributed by atoms with Crippen LogP contribution in [-0.2, 0) is 19.4 Å². The molecule has 96 valence electrons. The van der Waals surface area contributed by atoms with Crippen LogP contribution in [-0.4, -0.2) is 34.3 Å². The predicted octanol–water partition coefficient (Wildman–Crippen LogP) is 2.49. The predicted molar refractivity (Wildman–Crippen MR) is 71.3 cm³/mol. The van der Waals surface area contributed by atoms with Gasteiger partial charge in [-0.3, -0.25) is 4.68 Å². The first-order valence-electron chi connectivity index (χ1n) is 7.11. The second-order valence-electron chi connectivity index (χ2n) is 4.96. The van der Waals surface area contributed by atoms with Crippen molar-refractivity contribution >= 4 is 0 Å². The summed E-state index contributed by atoms with van der Waals surface area (Å²) in [5.41, 5.74) is 2.63. The van der Waals surface area contributed by atoms with Gasteiger partial charge in [-0.1, -0.05) is 13.8 Å². The van der Waals surface area contributed by atoms with Gasteiger partial charge in [0.1, 0.15) is 0 Å². The van der Waals surface area contributed by atoms with E-state index in [1.807, 2.05) is 0 Å². The highest BCUT2D eigenvalue weighted by atomic mass is 15.3. The Balaban J connectivity index is 1.82. The summed E-state index contributed by atoms with van der Waals surface area (Å²) in [4.78, 5) is 2.58. The third-order valence-corrected chi connectivity index (χ3v) is 3.68. The largest absolute Gasteiger partial charge is 0.303 e. The Morgan fingerprint density at radius 2 is 1.88 bits per heavy atom. The highest BCUT2D eigenvalue weighted by Crippen LogP contribution is 2.10. The highest BCUT2D eigenvalue weighted by Gasteiger charge is 2.11. The minimum atomic E-state index is 1.05. The van der Waals surface area contributed by atoms with Crippen molar-refractivity contribution in [3.63, 3.8) is 0 Å². The fourth-order valence-corrected chi connectivity index (χ4v) is 2.62. The average Bonchev–Trinajstić information content (AvgIpc) is 2.98. The summed E-state index contributed by atoms with van der Waals surface area (Å²) in [6.45, 7) is 9.33. The molecule has 0 amide bonds. The maximum Gasteiger partial charge on any atom is 0.0624 e. The van der Waals surface area contributed by atoms with Gasteiger partial charge < -0.3 is 4.90 Å². The van der Waals surface area contributed by atoms with Gasteiger partial charge in [0.05, 0.1) is 5.69 Å². The van der Waals surface area contributed by atoms with E-state index in [4.69, 9.17) is 0 Å². The Kier molecular flexibility index (Phi) is 4.60. The zero-order chi connectivity index (χ0) is 12.1. The van der Waals surface area contributed by atoms with E-state index in [0.717, 1.165) is 19.4 Å². The quantitative estimate of drug-likeness (QED) is 0.755. The van der Waals surface area contributed by atoms with Gasteiger partial charge in [0.25, 0.3) is 0 Å². The summed E-state index contributed by atoms with van der Waals surface area (Å²) < 4.78 is 2.22. The summed E-state index contributed by atoms with van der Waals surface area (Å²) in [5, 5.41) is 4.66. The maximum atomic E-state index is 4.66. The van der Waals surface area contributed by atoms with E-state index in [0.29, 0.717) is 0 Å². The molecule has 1 aromatic heterocycles. The monoisotopic (exact) mass is 235 g/mol. The first-order chi connectivity index (χ1) is 8.33. The van der Waals surface area contributed by atoms with Gasteiger partial charge in [-0.2, -0.15) is 5.10 Å². The maximum absolute atomic E-state index is 4.66. The smallest absolute Gasteiger partial charge is 0.0624 e. The number of aryl methyl sites for hydroxylation is 3. The SMILES string of the molecule is CCc1cc(CC)n(CCCN2CCCC2)n1. The van der Waals surface area contributed by atoms with E-state index >= 15 is 0 Å². The Hall–Kier alpha value is -0.830.